The van der Waals surface area contributed by atoms with Gasteiger partial charge in [-0.1, -0.05) is 30.3 Å². The van der Waals surface area contributed by atoms with Crippen molar-refractivity contribution in [3.63, 3.8) is 0 Å². The summed E-state index contributed by atoms with van der Waals surface area (Å²) in [5, 5.41) is 4.51. The molecular formula is C22H28N6. The van der Waals surface area contributed by atoms with Crippen LogP contribution in [0.4, 0.5) is 5.95 Å². The van der Waals surface area contributed by atoms with Gasteiger partial charge in [-0.3, -0.25) is 9.58 Å². The van der Waals surface area contributed by atoms with Crippen molar-refractivity contribution in [2.45, 2.75) is 32.4 Å². The number of hydrogen-bond acceptors (Lipinski definition) is 5. The van der Waals surface area contributed by atoms with Crippen LogP contribution >= 0.6 is 0 Å². The maximum atomic E-state index is 5.00. The van der Waals surface area contributed by atoms with Crippen molar-refractivity contribution < 1.29 is 0 Å². The van der Waals surface area contributed by atoms with Gasteiger partial charge in [0.15, 0.2) is 0 Å². The van der Waals surface area contributed by atoms with Crippen LogP contribution in [0.5, 0.6) is 0 Å². The van der Waals surface area contributed by atoms with E-state index in [-0.39, 0.29) is 6.04 Å². The molecule has 0 aliphatic carbocycles. The summed E-state index contributed by atoms with van der Waals surface area (Å²) in [5.74, 6) is 0.763. The highest BCUT2D eigenvalue weighted by Gasteiger charge is 2.30. The average Bonchev–Trinajstić information content (AvgIpc) is 3.28. The van der Waals surface area contributed by atoms with Gasteiger partial charge in [0.2, 0.25) is 5.95 Å². The fourth-order valence-electron chi connectivity index (χ4n) is 4.04. The quantitative estimate of drug-likeness (QED) is 0.681. The molecule has 0 saturated carbocycles. The lowest BCUT2D eigenvalue weighted by atomic mass is 9.99. The van der Waals surface area contributed by atoms with Gasteiger partial charge in [-0.25, -0.2) is 9.97 Å². The number of aromatic nitrogens is 4. The maximum Gasteiger partial charge on any atom is 0.225 e. The van der Waals surface area contributed by atoms with Crippen molar-refractivity contribution in [3.8, 4) is 11.1 Å². The maximum absolute atomic E-state index is 5.00. The lowest BCUT2D eigenvalue weighted by molar-refractivity contribution is 0.244. The van der Waals surface area contributed by atoms with Gasteiger partial charge < -0.3 is 4.90 Å². The van der Waals surface area contributed by atoms with Gasteiger partial charge in [-0.15, -0.1) is 0 Å². The summed E-state index contributed by atoms with van der Waals surface area (Å²) < 4.78 is 1.90. The Balaban J connectivity index is 1.73. The van der Waals surface area contributed by atoms with Crippen molar-refractivity contribution in [2.75, 3.05) is 25.5 Å². The number of aryl methyl sites for hydroxylation is 2. The second kappa shape index (κ2) is 7.72. The van der Waals surface area contributed by atoms with Crippen LogP contribution in [-0.4, -0.2) is 45.3 Å². The van der Waals surface area contributed by atoms with E-state index in [4.69, 9.17) is 4.98 Å². The van der Waals surface area contributed by atoms with Crippen LogP contribution in [-0.2, 0) is 13.6 Å². The lowest BCUT2D eigenvalue weighted by Gasteiger charge is -2.26. The molecule has 0 amide bonds. The summed E-state index contributed by atoms with van der Waals surface area (Å²) in [5.41, 5.74) is 5.83. The molecule has 3 aromatic rings. The minimum atomic E-state index is 0.288. The smallest absolute Gasteiger partial charge is 0.225 e. The topological polar surface area (TPSA) is 50.1 Å². The Kier molecular flexibility index (Phi) is 5.13. The first-order valence-corrected chi connectivity index (χ1v) is 9.86. The molecule has 6 heteroatoms. The van der Waals surface area contributed by atoms with E-state index in [0.717, 1.165) is 42.4 Å². The van der Waals surface area contributed by atoms with E-state index < -0.39 is 0 Å². The first-order chi connectivity index (χ1) is 13.5. The molecule has 3 heterocycles. The Morgan fingerprint density at radius 2 is 1.96 bits per heavy atom. The lowest BCUT2D eigenvalue weighted by Crippen LogP contribution is -2.25. The normalized spacial score (nSPS) is 17.2. The molecule has 0 unspecified atom stereocenters. The molecule has 6 nitrogen and oxygen atoms in total. The van der Waals surface area contributed by atoms with Crippen molar-refractivity contribution in [1.82, 2.24) is 24.6 Å². The van der Waals surface area contributed by atoms with Gasteiger partial charge in [0.05, 0.1) is 17.4 Å². The summed E-state index contributed by atoms with van der Waals surface area (Å²) in [4.78, 5) is 14.1. The third kappa shape index (κ3) is 3.64. The van der Waals surface area contributed by atoms with Crippen molar-refractivity contribution in [3.05, 3.63) is 59.7 Å². The van der Waals surface area contributed by atoms with E-state index in [2.05, 4.69) is 52.4 Å². The van der Waals surface area contributed by atoms with Crippen LogP contribution in [0.3, 0.4) is 0 Å². The van der Waals surface area contributed by atoms with Crippen LogP contribution in [0, 0.1) is 6.92 Å². The monoisotopic (exact) mass is 376 g/mol. The molecule has 4 rings (SSSR count). The molecule has 0 radical (unpaired) electrons. The molecule has 1 aliphatic rings. The van der Waals surface area contributed by atoms with Gasteiger partial charge >= 0.3 is 0 Å². The van der Waals surface area contributed by atoms with Crippen LogP contribution in [0.1, 0.15) is 35.8 Å². The predicted molar refractivity (Wildman–Crippen MR) is 112 cm³/mol. The Bertz CT molecular complexity index is 947. The van der Waals surface area contributed by atoms with Gasteiger partial charge in [-0.05, 0) is 31.9 Å². The fourth-order valence-corrected chi connectivity index (χ4v) is 4.04. The molecule has 28 heavy (non-hydrogen) atoms. The molecule has 1 aromatic carbocycles. The number of benzene rings is 1. The Labute approximate surface area is 166 Å². The molecule has 1 atom stereocenters. The molecule has 1 fully saturated rings. The Hall–Kier alpha value is -2.73. The minimum absolute atomic E-state index is 0.288. The third-order valence-electron chi connectivity index (χ3n) is 5.46. The van der Waals surface area contributed by atoms with E-state index in [1.165, 1.54) is 17.5 Å². The molecule has 0 bridgehead atoms. The highest BCUT2D eigenvalue weighted by Crippen LogP contribution is 2.38. The summed E-state index contributed by atoms with van der Waals surface area (Å²) in [7, 11) is 5.97. The molecule has 1 saturated heterocycles. The van der Waals surface area contributed by atoms with E-state index in [1.807, 2.05) is 43.0 Å². The van der Waals surface area contributed by atoms with E-state index in [0.29, 0.717) is 0 Å². The first kappa shape index (κ1) is 18.6. The first-order valence-electron chi connectivity index (χ1n) is 9.86. The Morgan fingerprint density at radius 1 is 1.18 bits per heavy atom. The summed E-state index contributed by atoms with van der Waals surface area (Å²) in [6, 6.07) is 10.8. The fraction of sp³-hybridized carbons (Fsp3) is 0.409. The zero-order valence-electron chi connectivity index (χ0n) is 17.1. The number of likely N-dealkylation sites (tertiary alicyclic amines) is 1. The van der Waals surface area contributed by atoms with Gasteiger partial charge in [0.25, 0.3) is 0 Å². The number of nitrogens with zero attached hydrogens (tertiary/aromatic N) is 6. The average molecular weight is 377 g/mol. The molecule has 0 N–H and O–H groups in total. The molecular weight excluding hydrogens is 348 g/mol. The highest BCUT2D eigenvalue weighted by molar-refractivity contribution is 5.66. The van der Waals surface area contributed by atoms with Gasteiger partial charge in [0, 0.05) is 51.2 Å². The van der Waals surface area contributed by atoms with Crippen LogP contribution in [0.25, 0.3) is 11.1 Å². The molecule has 2 aromatic heterocycles. The highest BCUT2D eigenvalue weighted by atomic mass is 15.3. The molecule has 1 aliphatic heterocycles. The molecule has 0 spiro atoms. The second-order valence-corrected chi connectivity index (χ2v) is 7.77. The van der Waals surface area contributed by atoms with Crippen molar-refractivity contribution in [1.29, 1.82) is 0 Å². The third-order valence-corrected chi connectivity index (χ3v) is 5.46. The van der Waals surface area contributed by atoms with Crippen molar-refractivity contribution in [2.24, 2.45) is 7.05 Å². The van der Waals surface area contributed by atoms with Gasteiger partial charge in [0.1, 0.15) is 0 Å². The van der Waals surface area contributed by atoms with Crippen LogP contribution < -0.4 is 4.90 Å². The van der Waals surface area contributed by atoms with E-state index in [9.17, 15) is 0 Å². The Morgan fingerprint density at radius 3 is 2.64 bits per heavy atom. The number of hydrogen-bond donors (Lipinski definition) is 0. The van der Waals surface area contributed by atoms with E-state index in [1.54, 1.807) is 0 Å². The zero-order valence-corrected chi connectivity index (χ0v) is 17.1. The zero-order chi connectivity index (χ0) is 19.7. The second-order valence-electron chi connectivity index (χ2n) is 7.77. The van der Waals surface area contributed by atoms with Crippen LogP contribution in [0.2, 0.25) is 0 Å². The van der Waals surface area contributed by atoms with E-state index >= 15 is 0 Å². The summed E-state index contributed by atoms with van der Waals surface area (Å²) in [6.07, 6.45) is 6.41. The van der Waals surface area contributed by atoms with Crippen molar-refractivity contribution >= 4 is 5.95 Å². The number of rotatable bonds is 5. The summed E-state index contributed by atoms with van der Waals surface area (Å²) >= 11 is 0. The van der Waals surface area contributed by atoms with Gasteiger partial charge in [-0.2, -0.15) is 5.10 Å². The molecule has 146 valence electrons. The van der Waals surface area contributed by atoms with Crippen LogP contribution in [0.15, 0.2) is 42.7 Å². The standard InChI is InChI=1S/C22H28N6/c1-16-18(14-27(4)25-16)15-28-12-8-11-20(28)21-19(17-9-6-5-7-10-17)13-23-22(24-21)26(2)3/h5-7,9-10,13-14,20H,8,11-12,15H2,1-4H3/t20-/m1/s1. The summed E-state index contributed by atoms with van der Waals surface area (Å²) in [6.45, 7) is 4.07. The SMILES string of the molecule is Cc1nn(C)cc1CN1CCC[C@@H]1c1nc(N(C)C)ncc1-c1ccccc1. The minimum Gasteiger partial charge on any atom is -0.347 e. The largest absolute Gasteiger partial charge is 0.347 e. The number of anilines is 1. The predicted octanol–water partition coefficient (Wildman–Crippen LogP) is 3.59.